The molecule has 0 radical (unpaired) electrons. The van der Waals surface area contributed by atoms with Gasteiger partial charge in [-0.15, -0.1) is 11.6 Å². The molecule has 1 heteroatoms. The molecular formula is C7H11Cl. The van der Waals surface area contributed by atoms with Crippen molar-refractivity contribution in [1.82, 2.24) is 0 Å². The van der Waals surface area contributed by atoms with Gasteiger partial charge in [-0.05, 0) is 25.7 Å². The monoisotopic (exact) mass is 130 g/mol. The maximum Gasteiger partial charge on any atom is 0.0373 e. The maximum atomic E-state index is 5.85. The van der Waals surface area contributed by atoms with Gasteiger partial charge in [0, 0.05) is 5.38 Å². The molecule has 1 saturated carbocycles. The van der Waals surface area contributed by atoms with Crippen LogP contribution in [0.1, 0.15) is 25.7 Å². The molecule has 0 aromatic heterocycles. The van der Waals surface area contributed by atoms with E-state index in [0.717, 1.165) is 6.42 Å². The van der Waals surface area contributed by atoms with Crippen LogP contribution in [0, 0.1) is 0 Å². The quantitative estimate of drug-likeness (QED) is 0.350. The minimum Gasteiger partial charge on any atom is -0.123 e. The van der Waals surface area contributed by atoms with Gasteiger partial charge >= 0.3 is 0 Å². The van der Waals surface area contributed by atoms with E-state index in [9.17, 15) is 0 Å². The van der Waals surface area contributed by atoms with Crippen molar-refractivity contribution in [1.29, 1.82) is 0 Å². The predicted molar refractivity (Wildman–Crippen MR) is 37.2 cm³/mol. The lowest BCUT2D eigenvalue weighted by atomic mass is 9.96. The Morgan fingerprint density at radius 3 is 2.75 bits per heavy atom. The van der Waals surface area contributed by atoms with Gasteiger partial charge in [0.1, 0.15) is 0 Å². The molecule has 8 heavy (non-hydrogen) atoms. The number of hydrogen-bond acceptors (Lipinski definition) is 0. The third-order valence-corrected chi connectivity index (χ3v) is 1.93. The molecule has 0 amide bonds. The van der Waals surface area contributed by atoms with E-state index in [4.69, 9.17) is 11.6 Å². The average molecular weight is 131 g/mol. The second-order valence-corrected chi connectivity index (χ2v) is 3.06. The van der Waals surface area contributed by atoms with Crippen LogP contribution in [0.5, 0.6) is 0 Å². The zero-order valence-corrected chi connectivity index (χ0v) is 5.75. The summed E-state index contributed by atoms with van der Waals surface area (Å²) < 4.78 is 0. The van der Waals surface area contributed by atoms with Crippen molar-refractivity contribution in [2.45, 2.75) is 31.1 Å². The Bertz CT molecular complexity index is 96.6. The van der Waals surface area contributed by atoms with Crippen LogP contribution >= 0.6 is 11.6 Å². The lowest BCUT2D eigenvalue weighted by Gasteiger charge is -2.16. The summed E-state index contributed by atoms with van der Waals surface area (Å²) in [5.74, 6) is 0. The van der Waals surface area contributed by atoms with Gasteiger partial charge in [-0.2, -0.15) is 0 Å². The van der Waals surface area contributed by atoms with E-state index in [-0.39, 0.29) is 0 Å². The van der Waals surface area contributed by atoms with Crippen molar-refractivity contribution in [2.75, 3.05) is 0 Å². The summed E-state index contributed by atoms with van der Waals surface area (Å²) in [5.41, 5.74) is 1.33. The van der Waals surface area contributed by atoms with Crippen LogP contribution in [-0.4, -0.2) is 5.38 Å². The van der Waals surface area contributed by atoms with Crippen LogP contribution in [0.15, 0.2) is 12.2 Å². The van der Waals surface area contributed by atoms with Gasteiger partial charge in [0.05, 0.1) is 0 Å². The molecule has 46 valence electrons. The van der Waals surface area contributed by atoms with Gasteiger partial charge in [-0.25, -0.2) is 0 Å². The second kappa shape index (κ2) is 2.54. The first kappa shape index (κ1) is 6.15. The average Bonchev–Trinajstić information content (AvgIpc) is 1.64. The van der Waals surface area contributed by atoms with Crippen LogP contribution in [0.25, 0.3) is 0 Å². The van der Waals surface area contributed by atoms with E-state index in [1.54, 1.807) is 0 Å². The highest BCUT2D eigenvalue weighted by Gasteiger charge is 2.11. The molecule has 0 aliphatic heterocycles. The molecule has 0 bridgehead atoms. The van der Waals surface area contributed by atoms with E-state index in [1.807, 2.05) is 0 Å². The summed E-state index contributed by atoms with van der Waals surface area (Å²) in [6.45, 7) is 3.88. The summed E-state index contributed by atoms with van der Waals surface area (Å²) in [4.78, 5) is 0. The molecule has 0 saturated heterocycles. The number of rotatable bonds is 0. The smallest absolute Gasteiger partial charge is 0.0373 e. The Morgan fingerprint density at radius 1 is 1.62 bits per heavy atom. The summed E-state index contributed by atoms with van der Waals surface area (Å²) in [6, 6.07) is 0. The molecule has 0 spiro atoms. The van der Waals surface area contributed by atoms with Crippen molar-refractivity contribution < 1.29 is 0 Å². The van der Waals surface area contributed by atoms with Gasteiger partial charge in [-0.1, -0.05) is 12.2 Å². The molecule has 0 heterocycles. The zero-order valence-electron chi connectivity index (χ0n) is 4.99. The molecule has 1 unspecified atom stereocenters. The lowest BCUT2D eigenvalue weighted by Crippen LogP contribution is -2.05. The minimum absolute atomic E-state index is 0.385. The lowest BCUT2D eigenvalue weighted by molar-refractivity contribution is 0.608. The molecule has 1 rings (SSSR count). The fourth-order valence-electron chi connectivity index (χ4n) is 1.09. The standard InChI is InChI=1S/C7H11Cl/c1-6-3-2-4-7(8)5-6/h7H,1-5H2. The van der Waals surface area contributed by atoms with Crippen molar-refractivity contribution >= 4 is 11.6 Å². The van der Waals surface area contributed by atoms with E-state index >= 15 is 0 Å². The van der Waals surface area contributed by atoms with Gasteiger partial charge in [-0.3, -0.25) is 0 Å². The van der Waals surface area contributed by atoms with Crippen LogP contribution in [0.4, 0.5) is 0 Å². The highest BCUT2D eigenvalue weighted by molar-refractivity contribution is 6.20. The molecule has 1 atom stereocenters. The summed E-state index contributed by atoms with van der Waals surface area (Å²) >= 11 is 5.85. The minimum atomic E-state index is 0.385. The van der Waals surface area contributed by atoms with E-state index < -0.39 is 0 Å². The first-order valence-corrected chi connectivity index (χ1v) is 3.53. The number of halogens is 1. The van der Waals surface area contributed by atoms with E-state index in [1.165, 1.54) is 24.8 Å². The normalized spacial score (nSPS) is 30.6. The van der Waals surface area contributed by atoms with Crippen molar-refractivity contribution in [3.8, 4) is 0 Å². The molecule has 0 aromatic rings. The van der Waals surface area contributed by atoms with Gasteiger partial charge in [0.15, 0.2) is 0 Å². The van der Waals surface area contributed by atoms with Gasteiger partial charge in [0.2, 0.25) is 0 Å². The third-order valence-electron chi connectivity index (χ3n) is 1.56. The Kier molecular flexibility index (Phi) is 1.95. The summed E-state index contributed by atoms with van der Waals surface area (Å²) in [5, 5.41) is 0.385. The Labute approximate surface area is 55.5 Å². The fourth-order valence-corrected chi connectivity index (χ4v) is 1.46. The summed E-state index contributed by atoms with van der Waals surface area (Å²) in [7, 11) is 0. The van der Waals surface area contributed by atoms with Gasteiger partial charge in [0.25, 0.3) is 0 Å². The highest BCUT2D eigenvalue weighted by atomic mass is 35.5. The number of allylic oxidation sites excluding steroid dienone is 1. The molecule has 0 nitrogen and oxygen atoms in total. The number of alkyl halides is 1. The predicted octanol–water partition coefficient (Wildman–Crippen LogP) is 2.72. The fraction of sp³-hybridized carbons (Fsp3) is 0.714. The third kappa shape index (κ3) is 1.52. The molecule has 1 aliphatic rings. The maximum absolute atomic E-state index is 5.85. The van der Waals surface area contributed by atoms with E-state index in [2.05, 4.69) is 6.58 Å². The van der Waals surface area contributed by atoms with Crippen LogP contribution < -0.4 is 0 Å². The SMILES string of the molecule is C=C1CCCC(Cl)C1. The van der Waals surface area contributed by atoms with Crippen LogP contribution in [-0.2, 0) is 0 Å². The van der Waals surface area contributed by atoms with Gasteiger partial charge < -0.3 is 0 Å². The van der Waals surface area contributed by atoms with Crippen molar-refractivity contribution in [2.24, 2.45) is 0 Å². The number of hydrogen-bond donors (Lipinski definition) is 0. The summed E-state index contributed by atoms with van der Waals surface area (Å²) in [6.07, 6.45) is 4.67. The van der Waals surface area contributed by atoms with Crippen molar-refractivity contribution in [3.05, 3.63) is 12.2 Å². The Morgan fingerprint density at radius 2 is 2.38 bits per heavy atom. The largest absolute Gasteiger partial charge is 0.123 e. The van der Waals surface area contributed by atoms with Crippen LogP contribution in [0.2, 0.25) is 0 Å². The van der Waals surface area contributed by atoms with Crippen molar-refractivity contribution in [3.63, 3.8) is 0 Å². The molecule has 1 aliphatic carbocycles. The first-order chi connectivity index (χ1) is 3.79. The first-order valence-electron chi connectivity index (χ1n) is 3.10. The highest BCUT2D eigenvalue weighted by Crippen LogP contribution is 2.25. The van der Waals surface area contributed by atoms with E-state index in [0.29, 0.717) is 5.38 Å². The Balaban J connectivity index is 2.34. The molecular weight excluding hydrogens is 120 g/mol. The molecule has 1 fully saturated rings. The second-order valence-electron chi connectivity index (χ2n) is 2.44. The topological polar surface area (TPSA) is 0 Å². The van der Waals surface area contributed by atoms with Crippen LogP contribution in [0.3, 0.4) is 0 Å². The zero-order chi connectivity index (χ0) is 5.98. The molecule has 0 N–H and O–H groups in total. The Hall–Kier alpha value is 0.0300. The molecule has 0 aromatic carbocycles.